The van der Waals surface area contributed by atoms with E-state index in [2.05, 4.69) is 10.1 Å². The molecule has 4 rings (SSSR count). The maximum Gasteiger partial charge on any atom is 0.253 e. The van der Waals surface area contributed by atoms with Gasteiger partial charge in [0.15, 0.2) is 0 Å². The van der Waals surface area contributed by atoms with Crippen LogP contribution < -0.4 is 4.74 Å². The van der Waals surface area contributed by atoms with Crippen molar-refractivity contribution in [3.63, 3.8) is 0 Å². The van der Waals surface area contributed by atoms with Crippen LogP contribution in [0.4, 0.5) is 0 Å². The summed E-state index contributed by atoms with van der Waals surface area (Å²) in [6.07, 6.45) is 5.07. The van der Waals surface area contributed by atoms with Crippen molar-refractivity contribution in [2.45, 2.75) is 13.0 Å². The number of hydrogen-bond donors (Lipinski definition) is 0. The summed E-state index contributed by atoms with van der Waals surface area (Å²) in [7, 11) is 1.82. The molecule has 3 aromatic rings. The molecule has 0 spiro atoms. The number of benzene rings is 2. The van der Waals surface area contributed by atoms with E-state index in [1.54, 1.807) is 15.9 Å². The molecule has 2 aromatic carbocycles. The number of likely N-dealkylation sites (N-methyl/N-ethyl adjacent to an activating group) is 1. The molecule has 1 unspecified atom stereocenters. The number of para-hydroxylation sites is 1. The normalized spacial score (nSPS) is 13.9. The monoisotopic (exact) mass is 360 g/mol. The third-order valence-corrected chi connectivity index (χ3v) is 4.87. The summed E-state index contributed by atoms with van der Waals surface area (Å²) in [5, 5.41) is 4.12. The molecule has 0 fully saturated rings. The third kappa shape index (κ3) is 3.33. The Morgan fingerprint density at radius 3 is 2.70 bits per heavy atom. The zero-order valence-electron chi connectivity index (χ0n) is 15.2. The third-order valence-electron chi connectivity index (χ3n) is 4.87. The lowest BCUT2D eigenvalue weighted by atomic mass is 10.0. The molecule has 1 aliphatic rings. The van der Waals surface area contributed by atoms with Gasteiger partial charge in [0.25, 0.3) is 5.91 Å². The molecule has 6 nitrogen and oxygen atoms in total. The predicted molar refractivity (Wildman–Crippen MR) is 102 cm³/mol. The number of nitrogens with zero attached hydrogens (tertiary/aromatic N) is 4. The smallest absolute Gasteiger partial charge is 0.253 e. The molecule has 0 N–H and O–H groups in total. The van der Waals surface area contributed by atoms with Gasteiger partial charge in [-0.1, -0.05) is 30.3 Å². The molecule has 0 radical (unpaired) electrons. The summed E-state index contributed by atoms with van der Waals surface area (Å²) in [6.45, 7) is 2.30. The summed E-state index contributed by atoms with van der Waals surface area (Å²) in [6, 6.07) is 15.6. The van der Waals surface area contributed by atoms with Crippen molar-refractivity contribution >= 4 is 12.0 Å². The van der Waals surface area contributed by atoms with Crippen LogP contribution in [0.25, 0.3) is 11.8 Å². The first-order valence-electron chi connectivity index (χ1n) is 8.78. The van der Waals surface area contributed by atoms with Crippen LogP contribution in [0.2, 0.25) is 0 Å². The Kier molecular flexibility index (Phi) is 4.46. The van der Waals surface area contributed by atoms with Crippen molar-refractivity contribution in [3.05, 3.63) is 77.9 Å². The lowest BCUT2D eigenvalue weighted by Crippen LogP contribution is -2.33. The first kappa shape index (κ1) is 17.0. The van der Waals surface area contributed by atoms with E-state index >= 15 is 0 Å². The highest BCUT2D eigenvalue weighted by atomic mass is 16.5. The maximum atomic E-state index is 12.9. The summed E-state index contributed by atoms with van der Waals surface area (Å²) < 4.78 is 7.42. The van der Waals surface area contributed by atoms with Gasteiger partial charge in [-0.25, -0.2) is 9.67 Å². The Morgan fingerprint density at radius 1 is 1.19 bits per heavy atom. The molecule has 136 valence electrons. The zero-order valence-corrected chi connectivity index (χ0v) is 15.2. The van der Waals surface area contributed by atoms with Crippen LogP contribution in [0.15, 0.2) is 66.8 Å². The van der Waals surface area contributed by atoms with E-state index in [9.17, 15) is 4.79 Å². The fraction of sp³-hybridized carbons (Fsp3) is 0.190. The van der Waals surface area contributed by atoms with Crippen molar-refractivity contribution in [2.24, 2.45) is 0 Å². The average molecular weight is 360 g/mol. The number of aromatic nitrogens is 3. The van der Waals surface area contributed by atoms with Crippen LogP contribution in [-0.2, 0) is 4.79 Å². The van der Waals surface area contributed by atoms with E-state index < -0.39 is 0 Å². The minimum Gasteiger partial charge on any atom is -0.488 e. The quantitative estimate of drug-likeness (QED) is 0.716. The molecule has 27 heavy (non-hydrogen) atoms. The number of fused-ring (bicyclic) bond motifs is 1. The van der Waals surface area contributed by atoms with Gasteiger partial charge in [0.05, 0.1) is 17.3 Å². The van der Waals surface area contributed by atoms with Crippen LogP contribution in [-0.4, -0.2) is 39.2 Å². The number of rotatable bonds is 4. The molecule has 1 aromatic heterocycles. The van der Waals surface area contributed by atoms with E-state index in [1.807, 2.05) is 68.6 Å². The number of ether oxygens (including phenoxy) is 1. The van der Waals surface area contributed by atoms with Gasteiger partial charge in [-0.2, -0.15) is 5.10 Å². The molecule has 1 aliphatic heterocycles. The van der Waals surface area contributed by atoms with Crippen molar-refractivity contribution in [2.75, 3.05) is 13.7 Å². The van der Waals surface area contributed by atoms with Crippen molar-refractivity contribution < 1.29 is 9.53 Å². The molecule has 1 amide bonds. The van der Waals surface area contributed by atoms with Gasteiger partial charge in [-0.15, -0.1) is 0 Å². The maximum absolute atomic E-state index is 12.9. The molecule has 0 saturated heterocycles. The fourth-order valence-electron chi connectivity index (χ4n) is 3.11. The number of carbonyl (C=O) groups excluding carboxylic acids is 1. The Bertz CT molecular complexity index is 978. The largest absolute Gasteiger partial charge is 0.488 e. The van der Waals surface area contributed by atoms with Crippen molar-refractivity contribution in [3.8, 4) is 11.4 Å². The van der Waals surface area contributed by atoms with Crippen molar-refractivity contribution in [1.82, 2.24) is 19.7 Å². The second-order valence-electron chi connectivity index (χ2n) is 6.52. The topological polar surface area (TPSA) is 60.2 Å². The minimum absolute atomic E-state index is 0.0302. The van der Waals surface area contributed by atoms with Gasteiger partial charge in [0.2, 0.25) is 0 Å². The van der Waals surface area contributed by atoms with Gasteiger partial charge in [-0.3, -0.25) is 4.79 Å². The van der Waals surface area contributed by atoms with Gasteiger partial charge < -0.3 is 9.64 Å². The second-order valence-corrected chi connectivity index (χ2v) is 6.52. The molecule has 2 heterocycles. The molecule has 1 atom stereocenters. The van der Waals surface area contributed by atoms with Crippen LogP contribution in [0.5, 0.6) is 5.75 Å². The SMILES string of the molecule is CC(c1ccc(-n2cncn2)cc1)N(C)C(=O)C1=Cc2ccccc2OC1. The molecule has 0 bridgehead atoms. The summed E-state index contributed by atoms with van der Waals surface area (Å²) in [5.41, 5.74) is 3.57. The Morgan fingerprint density at radius 2 is 1.96 bits per heavy atom. The predicted octanol–water partition coefficient (Wildman–Crippen LogP) is 3.26. The van der Waals surface area contributed by atoms with E-state index in [1.165, 1.54) is 6.33 Å². The van der Waals surface area contributed by atoms with Gasteiger partial charge in [-0.05, 0) is 36.8 Å². The van der Waals surface area contributed by atoms with Crippen LogP contribution in [0.3, 0.4) is 0 Å². The van der Waals surface area contributed by atoms with Crippen molar-refractivity contribution in [1.29, 1.82) is 0 Å². The Hall–Kier alpha value is -3.41. The zero-order chi connectivity index (χ0) is 18.8. The summed E-state index contributed by atoms with van der Waals surface area (Å²) in [4.78, 5) is 18.6. The van der Waals surface area contributed by atoms with Gasteiger partial charge >= 0.3 is 0 Å². The lowest BCUT2D eigenvalue weighted by Gasteiger charge is -2.28. The van der Waals surface area contributed by atoms with E-state index in [0.29, 0.717) is 5.57 Å². The van der Waals surface area contributed by atoms with Crippen LogP contribution in [0.1, 0.15) is 24.1 Å². The fourth-order valence-corrected chi connectivity index (χ4v) is 3.11. The first-order valence-corrected chi connectivity index (χ1v) is 8.78. The van der Waals surface area contributed by atoms with Crippen LogP contribution in [0, 0.1) is 0 Å². The van der Waals surface area contributed by atoms with E-state index in [-0.39, 0.29) is 18.6 Å². The minimum atomic E-state index is -0.0691. The molecular formula is C21H20N4O2. The highest BCUT2D eigenvalue weighted by Gasteiger charge is 2.23. The Labute approximate surface area is 157 Å². The average Bonchev–Trinajstić information content (AvgIpc) is 3.27. The first-order chi connectivity index (χ1) is 13.1. The number of amides is 1. The Balaban J connectivity index is 1.51. The van der Waals surface area contributed by atoms with Crippen LogP contribution >= 0.6 is 0 Å². The standard InChI is InChI=1S/C21H20N4O2/c1-15(16-7-9-19(10-8-16)25-14-22-13-23-25)24(2)21(26)18-11-17-5-3-4-6-20(17)27-12-18/h3-11,13-15H,12H2,1-2H3. The highest BCUT2D eigenvalue weighted by molar-refractivity contribution is 5.99. The number of hydrogen-bond acceptors (Lipinski definition) is 4. The second kappa shape index (κ2) is 7.07. The molecule has 0 aliphatic carbocycles. The van der Waals surface area contributed by atoms with E-state index in [0.717, 1.165) is 22.6 Å². The van der Waals surface area contributed by atoms with E-state index in [4.69, 9.17) is 4.74 Å². The summed E-state index contributed by atoms with van der Waals surface area (Å²) in [5.74, 6) is 0.783. The molecular weight excluding hydrogens is 340 g/mol. The lowest BCUT2D eigenvalue weighted by molar-refractivity contribution is -0.128. The number of carbonyl (C=O) groups is 1. The molecule has 0 saturated carbocycles. The molecule has 6 heteroatoms. The van der Waals surface area contributed by atoms with Gasteiger partial charge in [0.1, 0.15) is 25.0 Å². The highest BCUT2D eigenvalue weighted by Crippen LogP contribution is 2.28. The van der Waals surface area contributed by atoms with Gasteiger partial charge in [0, 0.05) is 12.6 Å². The summed E-state index contributed by atoms with van der Waals surface area (Å²) >= 11 is 0.